The smallest absolute Gasteiger partial charge is 0.264 e. The number of hydrogen-bond acceptors (Lipinski definition) is 6. The molecule has 4 rings (SSSR count). The number of sulfone groups is 1. The first-order chi connectivity index (χ1) is 17.0. The van der Waals surface area contributed by atoms with Crippen LogP contribution in [0.4, 0.5) is 10.1 Å². The van der Waals surface area contributed by atoms with Crippen molar-refractivity contribution < 1.29 is 30.8 Å². The highest BCUT2D eigenvalue weighted by Gasteiger charge is 2.26. The van der Waals surface area contributed by atoms with Crippen LogP contribution in [-0.4, -0.2) is 58.5 Å². The van der Waals surface area contributed by atoms with Gasteiger partial charge in [-0.3, -0.25) is 9.52 Å². The first-order valence-corrected chi connectivity index (χ1v) is 14.9. The van der Waals surface area contributed by atoms with Crippen molar-refractivity contribution in [2.24, 2.45) is 0 Å². The molecule has 0 bridgehead atoms. The second-order valence-electron chi connectivity index (χ2n) is 8.18. The van der Waals surface area contributed by atoms with E-state index in [9.17, 15) is 21.6 Å². The number of hydrogen-bond donors (Lipinski definition) is 3. The van der Waals surface area contributed by atoms with Crippen LogP contribution >= 0.6 is 23.2 Å². The number of rotatable bonds is 8. The third-order valence-corrected chi connectivity index (χ3v) is 9.43. The van der Waals surface area contributed by atoms with E-state index in [1.165, 1.54) is 30.5 Å². The summed E-state index contributed by atoms with van der Waals surface area (Å²) in [5.41, 5.74) is -0.0324. The number of carbonyl (C=O) groups excluding carboxylic acids is 1. The van der Waals surface area contributed by atoms with Crippen molar-refractivity contribution in [2.45, 2.75) is 23.8 Å². The summed E-state index contributed by atoms with van der Waals surface area (Å²) in [5, 5.41) is 3.49. The summed E-state index contributed by atoms with van der Waals surface area (Å²) in [6.45, 7) is 0.135. The predicted octanol–water partition coefficient (Wildman–Crippen LogP) is 3.74. The lowest BCUT2D eigenvalue weighted by Gasteiger charge is -2.22. The topological polar surface area (TPSA) is 134 Å². The number of H-pyrrole nitrogens is 1. The molecule has 3 aromatic rings. The highest BCUT2D eigenvalue weighted by molar-refractivity contribution is 7.92. The average molecular weight is 578 g/mol. The van der Waals surface area contributed by atoms with E-state index in [0.29, 0.717) is 33.8 Å². The SMILES string of the molecule is O=C(NCCOC1CCS(=O)(=O)CC1)c1cccc(S(=O)(=O)Nc2ccc(Cl)c3c(Cl)c[nH]c23)c1F. The molecule has 9 nitrogen and oxygen atoms in total. The molecule has 3 N–H and O–H groups in total. The first-order valence-electron chi connectivity index (χ1n) is 10.8. The Kier molecular flexibility index (Phi) is 7.81. The normalized spacial score (nSPS) is 16.2. The number of anilines is 1. The van der Waals surface area contributed by atoms with E-state index >= 15 is 4.39 Å². The number of fused-ring (bicyclic) bond motifs is 1. The molecule has 1 aliphatic heterocycles. The second kappa shape index (κ2) is 10.5. The van der Waals surface area contributed by atoms with Gasteiger partial charge in [0.2, 0.25) is 0 Å². The molecule has 0 saturated carbocycles. The lowest BCUT2D eigenvalue weighted by atomic mass is 10.2. The third-order valence-electron chi connectivity index (χ3n) is 5.72. The van der Waals surface area contributed by atoms with Gasteiger partial charge in [0.25, 0.3) is 15.9 Å². The van der Waals surface area contributed by atoms with Gasteiger partial charge in [-0.1, -0.05) is 29.3 Å². The highest BCUT2D eigenvalue weighted by atomic mass is 35.5. The van der Waals surface area contributed by atoms with Crippen LogP contribution in [0.2, 0.25) is 10.0 Å². The van der Waals surface area contributed by atoms with Gasteiger partial charge in [-0.15, -0.1) is 0 Å². The van der Waals surface area contributed by atoms with Gasteiger partial charge in [0.15, 0.2) is 15.7 Å². The molecule has 0 spiro atoms. The zero-order valence-electron chi connectivity index (χ0n) is 18.7. The number of halogens is 3. The van der Waals surface area contributed by atoms with E-state index in [4.69, 9.17) is 27.9 Å². The minimum Gasteiger partial charge on any atom is -0.376 e. The van der Waals surface area contributed by atoms with Gasteiger partial charge in [0.1, 0.15) is 4.90 Å². The zero-order valence-corrected chi connectivity index (χ0v) is 21.8. The van der Waals surface area contributed by atoms with Crippen molar-refractivity contribution in [3.05, 3.63) is 58.0 Å². The minimum absolute atomic E-state index is 0.0348. The predicted molar refractivity (Wildman–Crippen MR) is 135 cm³/mol. The molecule has 14 heteroatoms. The Bertz CT molecular complexity index is 1510. The van der Waals surface area contributed by atoms with Gasteiger partial charge in [-0.25, -0.2) is 21.2 Å². The molecular weight excluding hydrogens is 556 g/mol. The van der Waals surface area contributed by atoms with Crippen LogP contribution < -0.4 is 10.0 Å². The number of aromatic amines is 1. The Morgan fingerprint density at radius 1 is 1.14 bits per heavy atom. The van der Waals surface area contributed by atoms with Crippen molar-refractivity contribution in [3.63, 3.8) is 0 Å². The summed E-state index contributed by atoms with van der Waals surface area (Å²) in [5.74, 6) is -1.91. The maximum Gasteiger partial charge on any atom is 0.264 e. The largest absolute Gasteiger partial charge is 0.376 e. The number of sulfonamides is 1. The van der Waals surface area contributed by atoms with Crippen molar-refractivity contribution >= 4 is 65.6 Å². The third kappa shape index (κ3) is 5.78. The van der Waals surface area contributed by atoms with Crippen molar-refractivity contribution in [3.8, 4) is 0 Å². The quantitative estimate of drug-likeness (QED) is 0.349. The number of amides is 1. The lowest BCUT2D eigenvalue weighted by Crippen LogP contribution is -2.33. The Morgan fingerprint density at radius 3 is 2.58 bits per heavy atom. The first kappa shape index (κ1) is 26.7. The van der Waals surface area contributed by atoms with Crippen LogP contribution in [0, 0.1) is 5.82 Å². The van der Waals surface area contributed by atoms with E-state index in [2.05, 4.69) is 15.0 Å². The standard InChI is InChI=1S/C22H22Cl2FN3O6S2/c23-15-4-5-17(21-19(15)16(24)12-27-21)28-36(32,33)18-3-1-2-14(20(18)25)22(29)26-8-9-34-13-6-10-35(30,31)11-7-13/h1-5,12-13,27-28H,6-11H2,(H,26,29). The monoisotopic (exact) mass is 577 g/mol. The molecule has 1 amide bonds. The van der Waals surface area contributed by atoms with E-state index in [1.807, 2.05) is 0 Å². The van der Waals surface area contributed by atoms with Gasteiger partial charge < -0.3 is 15.0 Å². The Labute approximate surface area is 217 Å². The summed E-state index contributed by atoms with van der Waals surface area (Å²) in [4.78, 5) is 14.6. The molecule has 0 radical (unpaired) electrons. The fourth-order valence-corrected chi connectivity index (χ4v) is 7.05. The maximum absolute atomic E-state index is 15.2. The van der Waals surface area contributed by atoms with E-state index in [-0.39, 0.29) is 36.4 Å². The minimum atomic E-state index is -4.43. The van der Waals surface area contributed by atoms with Crippen molar-refractivity contribution in [2.75, 3.05) is 29.4 Å². The van der Waals surface area contributed by atoms with E-state index in [0.717, 1.165) is 6.07 Å². The molecular formula is C22H22Cl2FN3O6S2. The molecule has 1 fully saturated rings. The average Bonchev–Trinajstić information content (AvgIpc) is 3.22. The van der Waals surface area contributed by atoms with Crippen molar-refractivity contribution in [1.29, 1.82) is 0 Å². The van der Waals surface area contributed by atoms with Gasteiger partial charge in [0, 0.05) is 18.1 Å². The number of aromatic nitrogens is 1. The lowest BCUT2D eigenvalue weighted by molar-refractivity contribution is 0.0476. The summed E-state index contributed by atoms with van der Waals surface area (Å²) in [7, 11) is -7.44. The van der Waals surface area contributed by atoms with Crippen LogP contribution in [0.15, 0.2) is 41.4 Å². The number of benzene rings is 2. The molecule has 2 heterocycles. The number of carbonyl (C=O) groups is 1. The molecule has 194 valence electrons. The van der Waals surface area contributed by atoms with Crippen LogP contribution in [-0.2, 0) is 24.6 Å². The van der Waals surface area contributed by atoms with Crippen LogP contribution in [0.25, 0.3) is 10.9 Å². The van der Waals surface area contributed by atoms with Crippen LogP contribution in [0.5, 0.6) is 0 Å². The van der Waals surface area contributed by atoms with Gasteiger partial charge >= 0.3 is 0 Å². The molecule has 0 atom stereocenters. The van der Waals surface area contributed by atoms with Gasteiger partial charge in [-0.2, -0.15) is 0 Å². The summed E-state index contributed by atoms with van der Waals surface area (Å²) in [6, 6.07) is 6.33. The Balaban J connectivity index is 1.43. The second-order valence-corrected chi connectivity index (χ2v) is 13.0. The molecule has 1 aromatic heterocycles. The van der Waals surface area contributed by atoms with Crippen molar-refractivity contribution in [1.82, 2.24) is 10.3 Å². The fourth-order valence-electron chi connectivity index (χ4n) is 3.87. The maximum atomic E-state index is 15.2. The van der Waals surface area contributed by atoms with E-state index in [1.54, 1.807) is 0 Å². The molecule has 1 aliphatic rings. The summed E-state index contributed by atoms with van der Waals surface area (Å²) < 4.78 is 72.0. The van der Waals surface area contributed by atoms with Crippen LogP contribution in [0.1, 0.15) is 23.2 Å². The van der Waals surface area contributed by atoms with Gasteiger partial charge in [-0.05, 0) is 37.1 Å². The highest BCUT2D eigenvalue weighted by Crippen LogP contribution is 2.35. The Morgan fingerprint density at radius 2 is 1.86 bits per heavy atom. The number of ether oxygens (including phenoxy) is 1. The number of nitrogens with one attached hydrogen (secondary N) is 3. The molecule has 36 heavy (non-hydrogen) atoms. The Hall–Kier alpha value is -2.38. The molecule has 0 unspecified atom stereocenters. The van der Waals surface area contributed by atoms with Crippen LogP contribution in [0.3, 0.4) is 0 Å². The zero-order chi connectivity index (χ0) is 26.1. The molecule has 0 aliphatic carbocycles. The summed E-state index contributed by atoms with van der Waals surface area (Å²) >= 11 is 12.2. The molecule has 2 aromatic carbocycles. The fraction of sp³-hybridized carbons (Fsp3) is 0.318. The molecule has 1 saturated heterocycles. The summed E-state index contributed by atoms with van der Waals surface area (Å²) in [6.07, 6.45) is 1.98. The van der Waals surface area contributed by atoms with Gasteiger partial charge in [0.05, 0.1) is 51.0 Å². The van der Waals surface area contributed by atoms with E-state index < -0.39 is 42.0 Å².